The first kappa shape index (κ1) is 9.27. The van der Waals surface area contributed by atoms with Crippen LogP contribution in [0.3, 0.4) is 0 Å². The van der Waals surface area contributed by atoms with Crippen LogP contribution in [0.4, 0.5) is 0 Å². The van der Waals surface area contributed by atoms with E-state index < -0.39 is 5.60 Å². The molecule has 0 amide bonds. The van der Waals surface area contributed by atoms with Crippen LogP contribution in [0.5, 0.6) is 0 Å². The van der Waals surface area contributed by atoms with Crippen molar-refractivity contribution in [1.29, 1.82) is 0 Å². The molecule has 1 atom stereocenters. The Balaban J connectivity index is 3.10. The van der Waals surface area contributed by atoms with Crippen molar-refractivity contribution in [2.45, 2.75) is 32.8 Å². The molecule has 0 aliphatic rings. The molecule has 0 aliphatic carbocycles. The van der Waals surface area contributed by atoms with Crippen LogP contribution in [0.15, 0.2) is 24.3 Å². The van der Waals surface area contributed by atoms with Gasteiger partial charge in [-0.15, -0.1) is 0 Å². The van der Waals surface area contributed by atoms with Crippen LogP contribution >= 0.6 is 0 Å². The van der Waals surface area contributed by atoms with Gasteiger partial charge in [-0.3, -0.25) is 0 Å². The summed E-state index contributed by atoms with van der Waals surface area (Å²) in [5.74, 6) is 0. The van der Waals surface area contributed by atoms with Crippen LogP contribution in [-0.2, 0) is 5.60 Å². The van der Waals surface area contributed by atoms with Crippen molar-refractivity contribution in [3.05, 3.63) is 35.4 Å². The van der Waals surface area contributed by atoms with Gasteiger partial charge < -0.3 is 5.11 Å². The molecular weight excluding hydrogens is 148 g/mol. The topological polar surface area (TPSA) is 20.2 Å². The Morgan fingerprint density at radius 3 is 2.42 bits per heavy atom. The summed E-state index contributed by atoms with van der Waals surface area (Å²) in [6.07, 6.45) is 0.748. The number of hydrogen-bond acceptors (Lipinski definition) is 1. The first-order chi connectivity index (χ1) is 5.58. The summed E-state index contributed by atoms with van der Waals surface area (Å²) in [5, 5.41) is 9.98. The fourth-order valence-corrected chi connectivity index (χ4v) is 1.37. The van der Waals surface area contributed by atoms with E-state index in [1.165, 1.54) is 0 Å². The Kier molecular flexibility index (Phi) is 2.53. The lowest BCUT2D eigenvalue weighted by molar-refractivity contribution is 0.0524. The van der Waals surface area contributed by atoms with Gasteiger partial charge >= 0.3 is 0 Å². The quantitative estimate of drug-likeness (QED) is 0.712. The maximum Gasteiger partial charge on any atom is 0.0868 e. The van der Waals surface area contributed by atoms with Crippen molar-refractivity contribution in [3.63, 3.8) is 0 Å². The average Bonchev–Trinajstić information content (AvgIpc) is 2.05. The Hall–Kier alpha value is -0.820. The highest BCUT2D eigenvalue weighted by Gasteiger charge is 2.21. The second-order valence-electron chi connectivity index (χ2n) is 3.44. The normalized spacial score (nSPS) is 15.7. The van der Waals surface area contributed by atoms with Gasteiger partial charge in [0.15, 0.2) is 0 Å². The van der Waals surface area contributed by atoms with E-state index in [0.29, 0.717) is 0 Å². The molecule has 1 N–H and O–H groups in total. The average molecular weight is 164 g/mol. The fourth-order valence-electron chi connectivity index (χ4n) is 1.37. The third-order valence-corrected chi connectivity index (χ3v) is 2.41. The Morgan fingerprint density at radius 1 is 1.33 bits per heavy atom. The summed E-state index contributed by atoms with van der Waals surface area (Å²) >= 11 is 0. The molecular formula is C11H16O. The van der Waals surface area contributed by atoms with E-state index in [1.54, 1.807) is 0 Å². The molecule has 0 heterocycles. The zero-order chi connectivity index (χ0) is 9.19. The fraction of sp³-hybridized carbons (Fsp3) is 0.455. The lowest BCUT2D eigenvalue weighted by atomic mass is 9.90. The molecule has 0 fully saturated rings. The van der Waals surface area contributed by atoms with Gasteiger partial charge in [-0.25, -0.2) is 0 Å². The number of rotatable bonds is 2. The van der Waals surface area contributed by atoms with Gasteiger partial charge in [-0.2, -0.15) is 0 Å². The van der Waals surface area contributed by atoms with E-state index in [0.717, 1.165) is 17.5 Å². The second-order valence-corrected chi connectivity index (χ2v) is 3.44. The number of hydrogen-bond donors (Lipinski definition) is 1. The highest BCUT2D eigenvalue weighted by molar-refractivity contribution is 5.30. The van der Waals surface area contributed by atoms with Crippen molar-refractivity contribution in [2.24, 2.45) is 0 Å². The predicted octanol–water partition coefficient (Wildman–Crippen LogP) is 2.61. The predicted molar refractivity (Wildman–Crippen MR) is 51.0 cm³/mol. The standard InChI is InChI=1S/C11H16O/c1-4-11(3,12)10-8-6-5-7-9(10)2/h5-8,12H,4H2,1-3H3. The maximum atomic E-state index is 9.98. The Labute approximate surface area is 74.1 Å². The summed E-state index contributed by atoms with van der Waals surface area (Å²) in [5.41, 5.74) is 1.52. The molecule has 1 aromatic rings. The smallest absolute Gasteiger partial charge is 0.0868 e. The van der Waals surface area contributed by atoms with Crippen LogP contribution in [0.1, 0.15) is 31.4 Å². The third-order valence-electron chi connectivity index (χ3n) is 2.41. The van der Waals surface area contributed by atoms with E-state index in [1.807, 2.05) is 45.0 Å². The van der Waals surface area contributed by atoms with Crippen LogP contribution in [0.25, 0.3) is 0 Å². The minimum atomic E-state index is -0.675. The molecule has 0 aromatic heterocycles. The number of aryl methyl sites for hydroxylation is 1. The van der Waals surface area contributed by atoms with Gasteiger partial charge in [-0.1, -0.05) is 31.2 Å². The third kappa shape index (κ3) is 1.67. The van der Waals surface area contributed by atoms with Gasteiger partial charge in [0.05, 0.1) is 5.60 Å². The molecule has 0 radical (unpaired) electrons. The van der Waals surface area contributed by atoms with E-state index in [2.05, 4.69) is 0 Å². The molecule has 0 saturated heterocycles. The van der Waals surface area contributed by atoms with Crippen LogP contribution in [0, 0.1) is 6.92 Å². The molecule has 66 valence electrons. The van der Waals surface area contributed by atoms with Crippen molar-refractivity contribution >= 4 is 0 Å². The van der Waals surface area contributed by atoms with Crippen LogP contribution in [-0.4, -0.2) is 5.11 Å². The molecule has 1 heteroatoms. The monoisotopic (exact) mass is 164 g/mol. The summed E-state index contributed by atoms with van der Waals surface area (Å²) in [6.45, 7) is 5.88. The summed E-state index contributed by atoms with van der Waals surface area (Å²) in [6, 6.07) is 7.97. The second kappa shape index (κ2) is 3.28. The van der Waals surface area contributed by atoms with E-state index in [-0.39, 0.29) is 0 Å². The van der Waals surface area contributed by atoms with Crippen molar-refractivity contribution in [1.82, 2.24) is 0 Å². The van der Waals surface area contributed by atoms with E-state index in [4.69, 9.17) is 0 Å². The molecule has 0 aliphatic heterocycles. The molecule has 1 nitrogen and oxygen atoms in total. The highest BCUT2D eigenvalue weighted by Crippen LogP contribution is 2.26. The summed E-state index contributed by atoms with van der Waals surface area (Å²) in [7, 11) is 0. The van der Waals surface area contributed by atoms with Gasteiger partial charge in [0.2, 0.25) is 0 Å². The van der Waals surface area contributed by atoms with Crippen LogP contribution < -0.4 is 0 Å². The number of benzene rings is 1. The van der Waals surface area contributed by atoms with Crippen molar-refractivity contribution < 1.29 is 5.11 Å². The molecule has 1 aromatic carbocycles. The molecule has 1 rings (SSSR count). The SMILES string of the molecule is CCC(C)(O)c1ccccc1C. The van der Waals surface area contributed by atoms with Crippen molar-refractivity contribution in [2.75, 3.05) is 0 Å². The zero-order valence-electron chi connectivity index (χ0n) is 7.96. The molecule has 0 spiro atoms. The highest BCUT2D eigenvalue weighted by atomic mass is 16.3. The van der Waals surface area contributed by atoms with Crippen LogP contribution in [0.2, 0.25) is 0 Å². The van der Waals surface area contributed by atoms with Gasteiger partial charge in [0.25, 0.3) is 0 Å². The first-order valence-corrected chi connectivity index (χ1v) is 4.36. The van der Waals surface area contributed by atoms with E-state index in [9.17, 15) is 5.11 Å². The Morgan fingerprint density at radius 2 is 1.92 bits per heavy atom. The first-order valence-electron chi connectivity index (χ1n) is 4.36. The van der Waals surface area contributed by atoms with Gasteiger partial charge in [0.1, 0.15) is 0 Å². The lowest BCUT2D eigenvalue weighted by Crippen LogP contribution is -2.20. The van der Waals surface area contributed by atoms with Crippen molar-refractivity contribution in [3.8, 4) is 0 Å². The molecule has 0 bridgehead atoms. The summed E-state index contributed by atoms with van der Waals surface area (Å²) < 4.78 is 0. The zero-order valence-corrected chi connectivity index (χ0v) is 7.96. The molecule has 1 unspecified atom stereocenters. The summed E-state index contributed by atoms with van der Waals surface area (Å²) in [4.78, 5) is 0. The molecule has 12 heavy (non-hydrogen) atoms. The lowest BCUT2D eigenvalue weighted by Gasteiger charge is -2.23. The van der Waals surface area contributed by atoms with Gasteiger partial charge in [-0.05, 0) is 31.4 Å². The largest absolute Gasteiger partial charge is 0.385 e. The van der Waals surface area contributed by atoms with Gasteiger partial charge in [0, 0.05) is 0 Å². The minimum absolute atomic E-state index is 0.675. The van der Waals surface area contributed by atoms with E-state index >= 15 is 0 Å². The maximum absolute atomic E-state index is 9.98. The number of aliphatic hydroxyl groups is 1. The Bertz CT molecular complexity index is 263. The minimum Gasteiger partial charge on any atom is -0.385 e. The molecule has 0 saturated carbocycles.